The van der Waals surface area contributed by atoms with Gasteiger partial charge in [0.1, 0.15) is 0 Å². The molecule has 0 aromatic rings. The molecule has 0 amide bonds. The van der Waals surface area contributed by atoms with E-state index in [2.05, 4.69) is 32.1 Å². The number of alkyl halides is 2. The summed E-state index contributed by atoms with van der Waals surface area (Å²) in [6.45, 7) is 4.23. The van der Waals surface area contributed by atoms with Crippen molar-refractivity contribution in [3.63, 3.8) is 0 Å². The lowest BCUT2D eigenvalue weighted by atomic mass is 9.75. The topological polar surface area (TPSA) is 0 Å². The van der Waals surface area contributed by atoms with E-state index in [-0.39, 0.29) is 5.41 Å². The summed E-state index contributed by atoms with van der Waals surface area (Å²) in [7, 11) is 0. The predicted octanol–water partition coefficient (Wildman–Crippen LogP) is 3.60. The zero-order chi connectivity index (χ0) is 9.19. The Kier molecular flexibility index (Phi) is 3.25. The maximum Gasteiger partial charge on any atom is 0.0318 e. The van der Waals surface area contributed by atoms with E-state index < -0.39 is 0 Å². The molecule has 0 aliphatic heterocycles. The molecule has 2 heteroatoms. The molecule has 0 spiro atoms. The number of hydrogen-bond acceptors (Lipinski definition) is 0. The highest BCUT2D eigenvalue weighted by Crippen LogP contribution is 2.36. The minimum Gasteiger partial charge on any atom is -0.126 e. The Hall–Kier alpha value is 0.0600. The summed E-state index contributed by atoms with van der Waals surface area (Å²) >= 11 is 11.8. The van der Waals surface area contributed by atoms with Gasteiger partial charge in [-0.05, 0) is 6.92 Å². The van der Waals surface area contributed by atoms with Crippen molar-refractivity contribution >= 4 is 23.2 Å². The first-order valence-electron chi connectivity index (χ1n) is 4.12. The third-order valence-corrected chi connectivity index (χ3v) is 3.40. The Balaban J connectivity index is 2.86. The molecule has 0 nitrogen and oxygen atoms in total. The summed E-state index contributed by atoms with van der Waals surface area (Å²) in [5.41, 5.74) is 1.33. The molecule has 0 fully saturated rings. The maximum atomic E-state index is 5.90. The summed E-state index contributed by atoms with van der Waals surface area (Å²) in [6.07, 6.45) is 6.49. The van der Waals surface area contributed by atoms with Gasteiger partial charge in [0.05, 0.1) is 0 Å². The molecule has 1 rings (SSSR count). The fourth-order valence-corrected chi connectivity index (χ4v) is 2.10. The second-order valence-corrected chi connectivity index (χ2v) is 4.22. The van der Waals surface area contributed by atoms with Gasteiger partial charge in [-0.25, -0.2) is 0 Å². The highest BCUT2D eigenvalue weighted by Gasteiger charge is 2.30. The lowest BCUT2D eigenvalue weighted by Gasteiger charge is -2.33. The minimum absolute atomic E-state index is 0.0445. The van der Waals surface area contributed by atoms with Gasteiger partial charge in [-0.1, -0.05) is 30.7 Å². The third kappa shape index (κ3) is 1.86. The first-order valence-corrected chi connectivity index (χ1v) is 5.19. The zero-order valence-electron chi connectivity index (χ0n) is 7.48. The van der Waals surface area contributed by atoms with Crippen molar-refractivity contribution in [2.75, 3.05) is 11.8 Å². The van der Waals surface area contributed by atoms with Crippen LogP contribution in [0.1, 0.15) is 13.8 Å². The molecule has 0 N–H and O–H groups in total. The molecule has 0 saturated carbocycles. The van der Waals surface area contributed by atoms with Crippen LogP contribution < -0.4 is 0 Å². The molecule has 0 aromatic carbocycles. The number of halogens is 2. The Morgan fingerprint density at radius 1 is 1.50 bits per heavy atom. The van der Waals surface area contributed by atoms with Crippen molar-refractivity contribution in [1.82, 2.24) is 0 Å². The van der Waals surface area contributed by atoms with Gasteiger partial charge in [0, 0.05) is 23.1 Å². The molecule has 2 unspecified atom stereocenters. The second kappa shape index (κ2) is 3.85. The molecular weight excluding hydrogens is 191 g/mol. The van der Waals surface area contributed by atoms with Crippen LogP contribution in [0.2, 0.25) is 0 Å². The van der Waals surface area contributed by atoms with Gasteiger partial charge in [0.2, 0.25) is 0 Å². The van der Waals surface area contributed by atoms with Gasteiger partial charge >= 0.3 is 0 Å². The maximum absolute atomic E-state index is 5.90. The first kappa shape index (κ1) is 10.1. The normalized spacial score (nSPS) is 35.0. The number of rotatable bonds is 2. The third-order valence-electron chi connectivity index (χ3n) is 2.49. The standard InChI is InChI=1S/C10H14Cl2/c1-8-3-4-10(2,7-12)9(5-8)6-11/h3-5,9H,6-7H2,1-2H3. The molecule has 12 heavy (non-hydrogen) atoms. The van der Waals surface area contributed by atoms with Crippen LogP contribution in [0.3, 0.4) is 0 Å². The van der Waals surface area contributed by atoms with E-state index in [1.54, 1.807) is 0 Å². The van der Waals surface area contributed by atoms with E-state index in [0.717, 1.165) is 0 Å². The van der Waals surface area contributed by atoms with Crippen LogP contribution in [-0.4, -0.2) is 11.8 Å². The van der Waals surface area contributed by atoms with Crippen LogP contribution in [0, 0.1) is 11.3 Å². The number of hydrogen-bond donors (Lipinski definition) is 0. The molecule has 0 radical (unpaired) electrons. The smallest absolute Gasteiger partial charge is 0.0318 e. The van der Waals surface area contributed by atoms with Crippen molar-refractivity contribution in [2.24, 2.45) is 11.3 Å². The van der Waals surface area contributed by atoms with E-state index >= 15 is 0 Å². The van der Waals surface area contributed by atoms with Gasteiger partial charge in [-0.15, -0.1) is 23.2 Å². The van der Waals surface area contributed by atoms with Gasteiger partial charge in [0.25, 0.3) is 0 Å². The molecule has 0 bridgehead atoms. The van der Waals surface area contributed by atoms with Crippen LogP contribution in [0.15, 0.2) is 23.8 Å². The van der Waals surface area contributed by atoms with E-state index in [4.69, 9.17) is 23.2 Å². The summed E-state index contributed by atoms with van der Waals surface area (Å²) in [5, 5.41) is 0. The fraction of sp³-hybridized carbons (Fsp3) is 0.600. The van der Waals surface area contributed by atoms with Crippen LogP contribution in [-0.2, 0) is 0 Å². The Morgan fingerprint density at radius 2 is 2.17 bits per heavy atom. The van der Waals surface area contributed by atoms with Crippen molar-refractivity contribution in [3.05, 3.63) is 23.8 Å². The Morgan fingerprint density at radius 3 is 2.67 bits per heavy atom. The molecule has 1 aliphatic rings. The van der Waals surface area contributed by atoms with Crippen molar-refractivity contribution in [1.29, 1.82) is 0 Å². The number of allylic oxidation sites excluding steroid dienone is 4. The van der Waals surface area contributed by atoms with Crippen molar-refractivity contribution in [2.45, 2.75) is 13.8 Å². The molecule has 0 aromatic heterocycles. The summed E-state index contributed by atoms with van der Waals surface area (Å²) in [6, 6.07) is 0. The zero-order valence-corrected chi connectivity index (χ0v) is 8.99. The van der Waals surface area contributed by atoms with Crippen LogP contribution in [0.5, 0.6) is 0 Å². The molecule has 0 saturated heterocycles. The highest BCUT2D eigenvalue weighted by atomic mass is 35.5. The second-order valence-electron chi connectivity index (χ2n) is 3.64. The van der Waals surface area contributed by atoms with E-state index in [1.807, 2.05) is 0 Å². The molecule has 68 valence electrons. The molecule has 0 heterocycles. The Labute approximate surface area is 84.2 Å². The van der Waals surface area contributed by atoms with Crippen LogP contribution in [0.25, 0.3) is 0 Å². The molecular formula is C10H14Cl2. The first-order chi connectivity index (χ1) is 5.62. The van der Waals surface area contributed by atoms with Crippen LogP contribution >= 0.6 is 23.2 Å². The lowest BCUT2D eigenvalue weighted by molar-refractivity contribution is 0.372. The summed E-state index contributed by atoms with van der Waals surface area (Å²) in [5.74, 6) is 1.65. The van der Waals surface area contributed by atoms with Gasteiger partial charge in [0.15, 0.2) is 0 Å². The van der Waals surface area contributed by atoms with Gasteiger partial charge in [-0.2, -0.15) is 0 Å². The predicted molar refractivity (Wildman–Crippen MR) is 55.9 cm³/mol. The minimum atomic E-state index is 0.0445. The van der Waals surface area contributed by atoms with E-state index in [1.165, 1.54) is 5.57 Å². The highest BCUT2D eigenvalue weighted by molar-refractivity contribution is 6.19. The van der Waals surface area contributed by atoms with Gasteiger partial charge < -0.3 is 0 Å². The summed E-state index contributed by atoms with van der Waals surface area (Å²) < 4.78 is 0. The van der Waals surface area contributed by atoms with Gasteiger partial charge in [-0.3, -0.25) is 0 Å². The van der Waals surface area contributed by atoms with E-state index in [0.29, 0.717) is 17.7 Å². The van der Waals surface area contributed by atoms with Crippen molar-refractivity contribution in [3.8, 4) is 0 Å². The monoisotopic (exact) mass is 204 g/mol. The molecule has 2 atom stereocenters. The SMILES string of the molecule is CC1=CC(CCl)C(C)(CCl)C=C1. The van der Waals surface area contributed by atoms with Crippen molar-refractivity contribution < 1.29 is 0 Å². The average molecular weight is 205 g/mol. The Bertz CT molecular complexity index is 218. The molecule has 1 aliphatic carbocycles. The van der Waals surface area contributed by atoms with Crippen LogP contribution in [0.4, 0.5) is 0 Å². The summed E-state index contributed by atoms with van der Waals surface area (Å²) in [4.78, 5) is 0. The average Bonchev–Trinajstić information content (AvgIpc) is 2.09. The largest absolute Gasteiger partial charge is 0.126 e. The lowest BCUT2D eigenvalue weighted by Crippen LogP contribution is -2.29. The van der Waals surface area contributed by atoms with E-state index in [9.17, 15) is 0 Å². The fourth-order valence-electron chi connectivity index (χ4n) is 1.37. The quantitative estimate of drug-likeness (QED) is 0.604.